The van der Waals surface area contributed by atoms with Crippen LogP contribution in [0.2, 0.25) is 0 Å². The van der Waals surface area contributed by atoms with Crippen molar-refractivity contribution in [3.63, 3.8) is 0 Å². The Balaban J connectivity index is 1.93. The smallest absolute Gasteiger partial charge is 0.179 e. The van der Waals surface area contributed by atoms with Crippen LogP contribution in [0, 0.1) is 6.92 Å². The zero-order valence-corrected chi connectivity index (χ0v) is 12.7. The Labute approximate surface area is 126 Å². The lowest BCUT2D eigenvalue weighted by atomic mass is 10.0. The van der Waals surface area contributed by atoms with Gasteiger partial charge in [0.15, 0.2) is 5.78 Å². The second kappa shape index (κ2) is 7.04. The van der Waals surface area contributed by atoms with Crippen LogP contribution in [0.5, 0.6) is 5.75 Å². The predicted octanol–water partition coefficient (Wildman–Crippen LogP) is 3.36. The molecule has 0 amide bonds. The molecule has 0 bridgehead atoms. The van der Waals surface area contributed by atoms with Crippen LogP contribution in [0.25, 0.3) is 0 Å². The van der Waals surface area contributed by atoms with E-state index in [1.807, 2.05) is 6.92 Å². The number of carbonyl (C=O) groups is 1. The molecule has 3 heteroatoms. The Kier molecular flexibility index (Phi) is 5.12. The maximum atomic E-state index is 12.3. The first-order chi connectivity index (χ1) is 10.1. The molecule has 2 aromatic carbocycles. The number of Topliss-reactive ketones (excluding diaryl/α,β-unsaturated/α-hetero) is 1. The van der Waals surface area contributed by atoms with Crippen LogP contribution in [0.1, 0.15) is 28.4 Å². The molecule has 1 N–H and O–H groups in total. The summed E-state index contributed by atoms with van der Waals surface area (Å²) in [6.45, 7) is 4.64. The number of benzene rings is 2. The van der Waals surface area contributed by atoms with Crippen LogP contribution in [0.15, 0.2) is 48.5 Å². The number of nitrogens with one attached hydrogen (secondary N) is 1. The molecule has 0 aliphatic heterocycles. The number of methoxy groups -OCH3 is 1. The minimum absolute atomic E-state index is 0.0877. The van der Waals surface area contributed by atoms with Crippen molar-refractivity contribution < 1.29 is 9.53 Å². The van der Waals surface area contributed by atoms with E-state index in [4.69, 9.17) is 4.74 Å². The molecule has 21 heavy (non-hydrogen) atoms. The monoisotopic (exact) mass is 283 g/mol. The molecule has 0 spiro atoms. The summed E-state index contributed by atoms with van der Waals surface area (Å²) in [5.74, 6) is 0.844. The van der Waals surface area contributed by atoms with Gasteiger partial charge in [-0.1, -0.05) is 29.8 Å². The number of hydrogen-bond donors (Lipinski definition) is 1. The van der Waals surface area contributed by atoms with Crippen molar-refractivity contribution >= 4 is 5.78 Å². The molecule has 1 atom stereocenters. The second-order valence-corrected chi connectivity index (χ2v) is 5.18. The number of hydrogen-bond acceptors (Lipinski definition) is 3. The average Bonchev–Trinajstić information content (AvgIpc) is 2.53. The Bertz CT molecular complexity index is 588. The third kappa shape index (κ3) is 4.17. The standard InChI is InChI=1S/C18H21NO2/c1-13-4-6-15(7-5-13)12-19-14(2)18(20)16-8-10-17(21-3)11-9-16/h4-11,14,19H,12H2,1-3H3. The molecule has 0 radical (unpaired) electrons. The van der Waals surface area contributed by atoms with Gasteiger partial charge in [0.25, 0.3) is 0 Å². The van der Waals surface area contributed by atoms with Gasteiger partial charge in [0.2, 0.25) is 0 Å². The number of rotatable bonds is 6. The number of ketones is 1. The van der Waals surface area contributed by atoms with E-state index in [2.05, 4.69) is 36.5 Å². The van der Waals surface area contributed by atoms with Gasteiger partial charge in [-0.2, -0.15) is 0 Å². The van der Waals surface area contributed by atoms with E-state index >= 15 is 0 Å². The third-order valence-electron chi connectivity index (χ3n) is 3.50. The van der Waals surface area contributed by atoms with Gasteiger partial charge in [0.1, 0.15) is 5.75 Å². The Morgan fingerprint density at radius 2 is 1.71 bits per heavy atom. The summed E-state index contributed by atoms with van der Waals surface area (Å²) in [5.41, 5.74) is 3.11. The minimum atomic E-state index is -0.223. The molecular formula is C18H21NO2. The zero-order chi connectivity index (χ0) is 15.2. The van der Waals surface area contributed by atoms with Gasteiger partial charge in [0.05, 0.1) is 13.2 Å². The van der Waals surface area contributed by atoms with Crippen LogP contribution < -0.4 is 10.1 Å². The normalized spacial score (nSPS) is 12.0. The lowest BCUT2D eigenvalue weighted by Crippen LogP contribution is -2.33. The Morgan fingerprint density at radius 1 is 1.10 bits per heavy atom. The Morgan fingerprint density at radius 3 is 2.29 bits per heavy atom. The van der Waals surface area contributed by atoms with Crippen LogP contribution in [0.4, 0.5) is 0 Å². The number of ether oxygens (including phenoxy) is 1. The van der Waals surface area contributed by atoms with Crippen LogP contribution in [-0.2, 0) is 6.54 Å². The highest BCUT2D eigenvalue weighted by Crippen LogP contribution is 2.13. The fourth-order valence-electron chi connectivity index (χ4n) is 2.07. The summed E-state index contributed by atoms with van der Waals surface area (Å²) < 4.78 is 5.10. The van der Waals surface area contributed by atoms with Crippen molar-refractivity contribution in [1.29, 1.82) is 0 Å². The molecular weight excluding hydrogens is 262 g/mol. The van der Waals surface area contributed by atoms with E-state index in [0.29, 0.717) is 12.1 Å². The number of aryl methyl sites for hydroxylation is 1. The fraction of sp³-hybridized carbons (Fsp3) is 0.278. The number of carbonyl (C=O) groups excluding carboxylic acids is 1. The zero-order valence-electron chi connectivity index (χ0n) is 12.7. The molecule has 0 aromatic heterocycles. The molecule has 2 rings (SSSR count). The lowest BCUT2D eigenvalue weighted by molar-refractivity contribution is 0.0950. The summed E-state index contributed by atoms with van der Waals surface area (Å²) in [7, 11) is 1.61. The van der Waals surface area contributed by atoms with Gasteiger partial charge < -0.3 is 10.1 Å². The second-order valence-electron chi connectivity index (χ2n) is 5.18. The molecule has 1 unspecified atom stereocenters. The van der Waals surface area contributed by atoms with Gasteiger partial charge in [-0.15, -0.1) is 0 Å². The van der Waals surface area contributed by atoms with E-state index in [-0.39, 0.29) is 11.8 Å². The maximum Gasteiger partial charge on any atom is 0.179 e. The van der Waals surface area contributed by atoms with E-state index in [1.165, 1.54) is 11.1 Å². The maximum absolute atomic E-state index is 12.3. The molecule has 0 aliphatic carbocycles. The van der Waals surface area contributed by atoms with Gasteiger partial charge >= 0.3 is 0 Å². The first-order valence-corrected chi connectivity index (χ1v) is 7.07. The first-order valence-electron chi connectivity index (χ1n) is 7.07. The van der Waals surface area contributed by atoms with E-state index in [1.54, 1.807) is 31.4 Å². The summed E-state index contributed by atoms with van der Waals surface area (Å²) in [4.78, 5) is 12.3. The van der Waals surface area contributed by atoms with Crippen LogP contribution >= 0.6 is 0 Å². The van der Waals surface area contributed by atoms with Gasteiger partial charge in [0, 0.05) is 12.1 Å². The summed E-state index contributed by atoms with van der Waals surface area (Å²) in [6.07, 6.45) is 0. The highest BCUT2D eigenvalue weighted by molar-refractivity contribution is 5.99. The van der Waals surface area contributed by atoms with Gasteiger partial charge in [-0.3, -0.25) is 4.79 Å². The van der Waals surface area contributed by atoms with Crippen molar-refractivity contribution in [3.8, 4) is 5.75 Å². The molecule has 0 saturated heterocycles. The highest BCUT2D eigenvalue weighted by atomic mass is 16.5. The molecule has 0 heterocycles. The van der Waals surface area contributed by atoms with Crippen LogP contribution in [-0.4, -0.2) is 18.9 Å². The molecule has 0 aliphatic rings. The molecule has 0 saturated carbocycles. The quantitative estimate of drug-likeness (QED) is 0.826. The first kappa shape index (κ1) is 15.3. The average molecular weight is 283 g/mol. The highest BCUT2D eigenvalue weighted by Gasteiger charge is 2.14. The van der Waals surface area contributed by atoms with Crippen LogP contribution in [0.3, 0.4) is 0 Å². The van der Waals surface area contributed by atoms with Crippen molar-refractivity contribution in [2.75, 3.05) is 7.11 Å². The predicted molar refractivity (Wildman–Crippen MR) is 84.8 cm³/mol. The Hall–Kier alpha value is -2.13. The largest absolute Gasteiger partial charge is 0.497 e. The van der Waals surface area contributed by atoms with Crippen molar-refractivity contribution in [3.05, 3.63) is 65.2 Å². The van der Waals surface area contributed by atoms with Gasteiger partial charge in [-0.25, -0.2) is 0 Å². The van der Waals surface area contributed by atoms with Crippen molar-refractivity contribution in [2.45, 2.75) is 26.4 Å². The summed E-state index contributed by atoms with van der Waals surface area (Å²) in [5, 5.41) is 3.26. The van der Waals surface area contributed by atoms with E-state index in [0.717, 1.165) is 5.75 Å². The molecule has 110 valence electrons. The van der Waals surface area contributed by atoms with E-state index < -0.39 is 0 Å². The lowest BCUT2D eigenvalue weighted by Gasteiger charge is -2.13. The topological polar surface area (TPSA) is 38.3 Å². The molecule has 0 fully saturated rings. The van der Waals surface area contributed by atoms with E-state index in [9.17, 15) is 4.79 Å². The van der Waals surface area contributed by atoms with Crippen molar-refractivity contribution in [2.24, 2.45) is 0 Å². The summed E-state index contributed by atoms with van der Waals surface area (Å²) in [6, 6.07) is 15.3. The third-order valence-corrected chi connectivity index (χ3v) is 3.50. The van der Waals surface area contributed by atoms with Gasteiger partial charge in [-0.05, 0) is 43.7 Å². The fourth-order valence-corrected chi connectivity index (χ4v) is 2.07. The molecule has 3 nitrogen and oxygen atoms in total. The van der Waals surface area contributed by atoms with Crippen molar-refractivity contribution in [1.82, 2.24) is 5.32 Å². The molecule has 2 aromatic rings. The minimum Gasteiger partial charge on any atom is -0.497 e. The SMILES string of the molecule is COc1ccc(C(=O)C(C)NCc2ccc(C)cc2)cc1. The summed E-state index contributed by atoms with van der Waals surface area (Å²) >= 11 is 0.